The molecule has 5 heteroatoms. The Kier molecular flexibility index (Phi) is 6.42. The van der Waals surface area contributed by atoms with Crippen molar-refractivity contribution in [2.75, 3.05) is 12.0 Å². The number of carboxylic acid groups (broad SMARTS) is 1. The normalized spacial score (nSPS) is 11.9. The molecule has 19 heavy (non-hydrogen) atoms. The van der Waals surface area contributed by atoms with E-state index in [-0.39, 0.29) is 5.91 Å². The maximum Gasteiger partial charge on any atom is 0.326 e. The van der Waals surface area contributed by atoms with Crippen LogP contribution in [0.25, 0.3) is 0 Å². The van der Waals surface area contributed by atoms with Gasteiger partial charge in [-0.3, -0.25) is 4.79 Å². The minimum Gasteiger partial charge on any atom is -0.480 e. The van der Waals surface area contributed by atoms with Gasteiger partial charge < -0.3 is 10.4 Å². The molecular formula is C14H19NO3S. The standard InChI is InChI=1S/C14H19NO3S/c1-3-10-6-4-5-7-11(10)13(16)15-12(14(17)18)8-9-19-2/h4-7,12H,3,8-9H2,1-2H3,(H,15,16)(H,17,18). The van der Waals surface area contributed by atoms with E-state index in [4.69, 9.17) is 5.11 Å². The van der Waals surface area contributed by atoms with Gasteiger partial charge in [-0.2, -0.15) is 11.8 Å². The minimum absolute atomic E-state index is 0.314. The highest BCUT2D eigenvalue weighted by atomic mass is 32.2. The van der Waals surface area contributed by atoms with E-state index in [9.17, 15) is 9.59 Å². The van der Waals surface area contributed by atoms with Gasteiger partial charge in [0, 0.05) is 5.56 Å². The van der Waals surface area contributed by atoms with Crippen LogP contribution in [0.15, 0.2) is 24.3 Å². The maximum absolute atomic E-state index is 12.1. The fourth-order valence-electron chi connectivity index (χ4n) is 1.78. The first-order valence-corrected chi connectivity index (χ1v) is 7.60. The van der Waals surface area contributed by atoms with Crippen molar-refractivity contribution in [2.24, 2.45) is 0 Å². The number of carboxylic acids is 1. The number of amides is 1. The van der Waals surface area contributed by atoms with Crippen LogP contribution in [0.3, 0.4) is 0 Å². The summed E-state index contributed by atoms with van der Waals surface area (Å²) in [6.07, 6.45) is 3.08. The van der Waals surface area contributed by atoms with Crippen LogP contribution in [0, 0.1) is 0 Å². The lowest BCUT2D eigenvalue weighted by molar-refractivity contribution is -0.139. The molecule has 4 nitrogen and oxygen atoms in total. The zero-order valence-corrected chi connectivity index (χ0v) is 12.0. The molecule has 0 radical (unpaired) electrons. The largest absolute Gasteiger partial charge is 0.480 e. The first kappa shape index (κ1) is 15.6. The summed E-state index contributed by atoms with van der Waals surface area (Å²) in [6, 6.07) is 6.43. The minimum atomic E-state index is -0.989. The average Bonchev–Trinajstić information content (AvgIpc) is 2.42. The lowest BCUT2D eigenvalue weighted by atomic mass is 10.0. The fourth-order valence-corrected chi connectivity index (χ4v) is 2.25. The molecule has 0 aliphatic rings. The predicted molar refractivity (Wildman–Crippen MR) is 77.7 cm³/mol. The van der Waals surface area contributed by atoms with E-state index in [1.807, 2.05) is 25.3 Å². The molecule has 0 aliphatic carbocycles. The third-order valence-corrected chi connectivity index (χ3v) is 3.50. The van der Waals surface area contributed by atoms with Crippen molar-refractivity contribution in [3.63, 3.8) is 0 Å². The van der Waals surface area contributed by atoms with Gasteiger partial charge in [-0.25, -0.2) is 4.79 Å². The number of benzene rings is 1. The molecule has 0 spiro atoms. The third-order valence-electron chi connectivity index (χ3n) is 2.86. The molecule has 0 saturated carbocycles. The highest BCUT2D eigenvalue weighted by Crippen LogP contribution is 2.10. The summed E-state index contributed by atoms with van der Waals surface area (Å²) in [5, 5.41) is 11.7. The summed E-state index contributed by atoms with van der Waals surface area (Å²) < 4.78 is 0. The number of aryl methyl sites for hydroxylation is 1. The van der Waals surface area contributed by atoms with Crippen LogP contribution in [0.1, 0.15) is 29.3 Å². The van der Waals surface area contributed by atoms with Crippen molar-refractivity contribution in [3.05, 3.63) is 35.4 Å². The van der Waals surface area contributed by atoms with E-state index in [2.05, 4.69) is 5.32 Å². The van der Waals surface area contributed by atoms with Crippen LogP contribution in [0.5, 0.6) is 0 Å². The lowest BCUT2D eigenvalue weighted by Crippen LogP contribution is -2.41. The predicted octanol–water partition coefficient (Wildman–Crippen LogP) is 2.19. The highest BCUT2D eigenvalue weighted by Gasteiger charge is 2.21. The van der Waals surface area contributed by atoms with E-state index in [1.165, 1.54) is 0 Å². The Morgan fingerprint density at radius 3 is 2.63 bits per heavy atom. The van der Waals surface area contributed by atoms with Gasteiger partial charge in [-0.05, 0) is 36.5 Å². The Bertz CT molecular complexity index is 448. The van der Waals surface area contributed by atoms with Gasteiger partial charge in [0.1, 0.15) is 6.04 Å². The maximum atomic E-state index is 12.1. The molecule has 104 valence electrons. The molecule has 0 bridgehead atoms. The van der Waals surface area contributed by atoms with Gasteiger partial charge in [0.25, 0.3) is 5.91 Å². The van der Waals surface area contributed by atoms with E-state index < -0.39 is 12.0 Å². The van der Waals surface area contributed by atoms with Gasteiger partial charge in [0.2, 0.25) is 0 Å². The first-order valence-electron chi connectivity index (χ1n) is 6.20. The van der Waals surface area contributed by atoms with Crippen LogP contribution < -0.4 is 5.32 Å². The molecule has 0 aliphatic heterocycles. The van der Waals surface area contributed by atoms with E-state index in [0.717, 1.165) is 12.0 Å². The number of thioether (sulfide) groups is 1. The number of nitrogens with one attached hydrogen (secondary N) is 1. The zero-order valence-electron chi connectivity index (χ0n) is 11.2. The van der Waals surface area contributed by atoms with Crippen LogP contribution in [0.4, 0.5) is 0 Å². The Morgan fingerprint density at radius 2 is 2.05 bits per heavy atom. The van der Waals surface area contributed by atoms with Crippen LogP contribution in [-0.4, -0.2) is 35.0 Å². The number of hydrogen-bond donors (Lipinski definition) is 2. The summed E-state index contributed by atoms with van der Waals surface area (Å²) in [6.45, 7) is 1.97. The summed E-state index contributed by atoms with van der Waals surface area (Å²) in [7, 11) is 0. The number of aliphatic carboxylic acids is 1. The van der Waals surface area contributed by atoms with Crippen molar-refractivity contribution in [2.45, 2.75) is 25.8 Å². The molecule has 0 heterocycles. The summed E-state index contributed by atoms with van der Waals surface area (Å²) in [5.41, 5.74) is 1.48. The molecule has 1 amide bonds. The van der Waals surface area contributed by atoms with Gasteiger partial charge in [0.05, 0.1) is 0 Å². The molecule has 2 N–H and O–H groups in total. The third kappa shape index (κ3) is 4.59. The van der Waals surface area contributed by atoms with Crippen molar-refractivity contribution >= 4 is 23.6 Å². The fraction of sp³-hybridized carbons (Fsp3) is 0.429. The zero-order chi connectivity index (χ0) is 14.3. The van der Waals surface area contributed by atoms with Gasteiger partial charge in [-0.1, -0.05) is 25.1 Å². The molecule has 1 rings (SSSR count). The Balaban J connectivity index is 2.78. The molecule has 0 aromatic heterocycles. The number of rotatable bonds is 7. The second-order valence-corrected chi connectivity index (χ2v) is 5.14. The van der Waals surface area contributed by atoms with E-state index >= 15 is 0 Å². The molecule has 1 atom stereocenters. The smallest absolute Gasteiger partial charge is 0.326 e. The Labute approximate surface area is 117 Å². The van der Waals surface area contributed by atoms with Crippen LogP contribution in [-0.2, 0) is 11.2 Å². The van der Waals surface area contributed by atoms with Crippen LogP contribution in [0.2, 0.25) is 0 Å². The Hall–Kier alpha value is -1.49. The molecule has 1 aromatic carbocycles. The molecule has 0 fully saturated rings. The van der Waals surface area contributed by atoms with Crippen molar-refractivity contribution in [1.82, 2.24) is 5.32 Å². The summed E-state index contributed by atoms with van der Waals surface area (Å²) >= 11 is 1.56. The molecule has 0 saturated heterocycles. The molecule has 1 unspecified atom stereocenters. The van der Waals surface area contributed by atoms with Gasteiger partial charge in [0.15, 0.2) is 0 Å². The highest BCUT2D eigenvalue weighted by molar-refractivity contribution is 7.98. The second kappa shape index (κ2) is 7.84. The van der Waals surface area contributed by atoms with E-state index in [1.54, 1.807) is 23.9 Å². The van der Waals surface area contributed by atoms with Gasteiger partial charge >= 0.3 is 5.97 Å². The monoisotopic (exact) mass is 281 g/mol. The van der Waals surface area contributed by atoms with Gasteiger partial charge in [-0.15, -0.1) is 0 Å². The topological polar surface area (TPSA) is 66.4 Å². The number of hydrogen-bond acceptors (Lipinski definition) is 3. The average molecular weight is 281 g/mol. The lowest BCUT2D eigenvalue weighted by Gasteiger charge is -2.15. The quantitative estimate of drug-likeness (QED) is 0.804. The van der Waals surface area contributed by atoms with Crippen molar-refractivity contribution in [3.8, 4) is 0 Å². The van der Waals surface area contributed by atoms with Crippen LogP contribution >= 0.6 is 11.8 Å². The number of carbonyl (C=O) groups excluding carboxylic acids is 1. The Morgan fingerprint density at radius 1 is 1.37 bits per heavy atom. The molecular weight excluding hydrogens is 262 g/mol. The van der Waals surface area contributed by atoms with E-state index in [0.29, 0.717) is 17.7 Å². The summed E-state index contributed by atoms with van der Waals surface area (Å²) in [5.74, 6) is -0.602. The summed E-state index contributed by atoms with van der Waals surface area (Å²) in [4.78, 5) is 23.2. The second-order valence-electron chi connectivity index (χ2n) is 4.16. The SMILES string of the molecule is CCc1ccccc1C(=O)NC(CCSC)C(=O)O. The number of carbonyl (C=O) groups is 2. The molecule has 1 aromatic rings. The van der Waals surface area contributed by atoms with Crippen molar-refractivity contribution in [1.29, 1.82) is 0 Å². The first-order chi connectivity index (χ1) is 9.10. The van der Waals surface area contributed by atoms with Crippen molar-refractivity contribution < 1.29 is 14.7 Å².